The fourth-order valence-electron chi connectivity index (χ4n) is 4.69. The molecule has 1 atom stereocenters. The van der Waals surface area contributed by atoms with E-state index in [1.807, 2.05) is 72.5 Å². The van der Waals surface area contributed by atoms with Crippen LogP contribution in [0.5, 0.6) is 11.5 Å². The molecule has 5 aromatic rings. The minimum Gasteiger partial charge on any atom is -0.457 e. The summed E-state index contributed by atoms with van der Waals surface area (Å²) in [5.41, 5.74) is 4.97. The van der Waals surface area contributed by atoms with E-state index in [1.54, 1.807) is 23.7 Å². The highest BCUT2D eigenvalue weighted by molar-refractivity contribution is 7.14. The first kappa shape index (κ1) is 23.9. The molecule has 8 heteroatoms. The van der Waals surface area contributed by atoms with E-state index in [1.165, 1.54) is 11.9 Å². The van der Waals surface area contributed by atoms with Gasteiger partial charge < -0.3 is 9.64 Å². The predicted molar refractivity (Wildman–Crippen MR) is 147 cm³/mol. The Hall–Kier alpha value is -4.43. The van der Waals surface area contributed by atoms with E-state index in [4.69, 9.17) is 4.74 Å². The van der Waals surface area contributed by atoms with Crippen molar-refractivity contribution in [3.63, 3.8) is 0 Å². The summed E-state index contributed by atoms with van der Waals surface area (Å²) < 4.78 is 6.41. The molecule has 0 saturated carbocycles. The van der Waals surface area contributed by atoms with Crippen molar-refractivity contribution in [2.75, 3.05) is 6.54 Å². The van der Waals surface area contributed by atoms with Crippen molar-refractivity contribution in [3.05, 3.63) is 108 Å². The Balaban J connectivity index is 1.27. The van der Waals surface area contributed by atoms with Gasteiger partial charge in [-0.15, -0.1) is 10.2 Å². The lowest BCUT2D eigenvalue weighted by atomic mass is 9.98. The van der Waals surface area contributed by atoms with Crippen molar-refractivity contribution >= 4 is 17.2 Å². The summed E-state index contributed by atoms with van der Waals surface area (Å²) in [6, 6.07) is 24.1. The first-order valence-corrected chi connectivity index (χ1v) is 13.2. The van der Waals surface area contributed by atoms with E-state index in [-0.39, 0.29) is 11.8 Å². The number of benzene rings is 3. The van der Waals surface area contributed by atoms with E-state index in [9.17, 15) is 4.79 Å². The van der Waals surface area contributed by atoms with Crippen LogP contribution in [0.1, 0.15) is 28.5 Å². The highest BCUT2D eigenvalue weighted by Crippen LogP contribution is 2.35. The molecule has 0 unspecified atom stereocenters. The molecule has 0 radical (unpaired) electrons. The fourth-order valence-corrected chi connectivity index (χ4v) is 5.39. The number of likely N-dealkylation sites (tertiary alicyclic amines) is 1. The van der Waals surface area contributed by atoms with E-state index in [0.717, 1.165) is 32.3 Å². The molecule has 6 rings (SSSR count). The molecule has 0 N–H and O–H groups in total. The zero-order valence-corrected chi connectivity index (χ0v) is 21.6. The number of carbonyl (C=O) groups is 1. The molecule has 3 heterocycles. The molecule has 1 aliphatic heterocycles. The third-order valence-electron chi connectivity index (χ3n) is 6.66. The molecule has 0 spiro atoms. The van der Waals surface area contributed by atoms with Crippen LogP contribution in [-0.4, -0.2) is 37.5 Å². The molecule has 1 amide bonds. The van der Waals surface area contributed by atoms with Gasteiger partial charge >= 0.3 is 0 Å². The van der Waals surface area contributed by atoms with E-state index in [0.29, 0.717) is 31.0 Å². The zero-order chi connectivity index (χ0) is 25.9. The second kappa shape index (κ2) is 10.5. The molecule has 2 aromatic heterocycles. The van der Waals surface area contributed by atoms with Crippen LogP contribution >= 0.6 is 11.3 Å². The molecule has 7 nitrogen and oxygen atoms in total. The average Bonchev–Trinajstić information content (AvgIpc) is 3.56. The summed E-state index contributed by atoms with van der Waals surface area (Å²) in [7, 11) is 0. The van der Waals surface area contributed by atoms with Gasteiger partial charge in [-0.1, -0.05) is 53.8 Å². The lowest BCUT2D eigenvalue weighted by molar-refractivity contribution is -0.128. The predicted octanol–water partition coefficient (Wildman–Crippen LogP) is 6.28. The summed E-state index contributed by atoms with van der Waals surface area (Å²) in [4.78, 5) is 23.2. The summed E-state index contributed by atoms with van der Waals surface area (Å²) >= 11 is 1.56. The summed E-state index contributed by atoms with van der Waals surface area (Å²) in [6.45, 7) is 3.11. The Bertz CT molecular complexity index is 1560. The minimum atomic E-state index is 0.155. The van der Waals surface area contributed by atoms with Crippen LogP contribution in [0.3, 0.4) is 0 Å². The maximum Gasteiger partial charge on any atom is 0.223 e. The van der Waals surface area contributed by atoms with Gasteiger partial charge in [0.05, 0.1) is 0 Å². The molecular weight excluding hydrogens is 494 g/mol. The zero-order valence-electron chi connectivity index (χ0n) is 20.8. The molecule has 3 aromatic carbocycles. The van der Waals surface area contributed by atoms with Crippen LogP contribution in [0.4, 0.5) is 0 Å². The normalized spacial score (nSPS) is 15.1. The van der Waals surface area contributed by atoms with Gasteiger partial charge in [-0.2, -0.15) is 0 Å². The molecule has 38 heavy (non-hydrogen) atoms. The van der Waals surface area contributed by atoms with Gasteiger partial charge in [-0.25, -0.2) is 9.97 Å². The van der Waals surface area contributed by atoms with Gasteiger partial charge in [-0.3, -0.25) is 4.79 Å². The lowest BCUT2D eigenvalue weighted by Gasteiger charge is -2.20. The largest absolute Gasteiger partial charge is 0.457 e. The van der Waals surface area contributed by atoms with Gasteiger partial charge in [0.25, 0.3) is 0 Å². The van der Waals surface area contributed by atoms with Crippen molar-refractivity contribution in [2.45, 2.75) is 25.8 Å². The number of aromatic nitrogens is 4. The van der Waals surface area contributed by atoms with Crippen LogP contribution in [0.15, 0.2) is 91.5 Å². The first-order valence-electron chi connectivity index (χ1n) is 12.4. The third-order valence-corrected chi connectivity index (χ3v) is 7.55. The van der Waals surface area contributed by atoms with Crippen LogP contribution in [0.2, 0.25) is 0 Å². The molecular formula is C30H25N5O2S. The number of aryl methyl sites for hydroxylation is 1. The smallest absolute Gasteiger partial charge is 0.223 e. The van der Waals surface area contributed by atoms with E-state index < -0.39 is 0 Å². The highest BCUT2D eigenvalue weighted by Gasteiger charge is 2.31. The number of ether oxygens (including phenoxy) is 1. The van der Waals surface area contributed by atoms with Crippen molar-refractivity contribution in [2.24, 2.45) is 0 Å². The van der Waals surface area contributed by atoms with Crippen molar-refractivity contribution < 1.29 is 9.53 Å². The molecule has 0 bridgehead atoms. The second-order valence-corrected chi connectivity index (χ2v) is 10.5. The topological polar surface area (TPSA) is 81.1 Å². The molecule has 0 aliphatic carbocycles. The maximum atomic E-state index is 13.0. The Morgan fingerprint density at radius 1 is 0.921 bits per heavy atom. The average molecular weight is 520 g/mol. The highest BCUT2D eigenvalue weighted by atomic mass is 32.1. The second-order valence-electron chi connectivity index (χ2n) is 9.29. The Morgan fingerprint density at radius 2 is 1.68 bits per heavy atom. The molecule has 1 aliphatic rings. The third kappa shape index (κ3) is 5.17. The molecule has 1 saturated heterocycles. The van der Waals surface area contributed by atoms with E-state index >= 15 is 0 Å². The minimum absolute atomic E-state index is 0.155. The lowest BCUT2D eigenvalue weighted by Crippen LogP contribution is -2.24. The Labute approximate surface area is 224 Å². The summed E-state index contributed by atoms with van der Waals surface area (Å²) in [6.07, 6.45) is 5.59. The summed E-state index contributed by atoms with van der Waals surface area (Å²) in [5.74, 6) is 1.75. The van der Waals surface area contributed by atoms with Crippen molar-refractivity contribution in [1.29, 1.82) is 0 Å². The van der Waals surface area contributed by atoms with Gasteiger partial charge in [0.1, 0.15) is 27.8 Å². The number of nitrogens with zero attached hydrogens (tertiary/aromatic N) is 5. The first-order chi connectivity index (χ1) is 18.6. The SMILES string of the molecule is Cc1nnc(-c2ccc(Oc3cc(-c4cncnc4)ccc3CN3C[C@H](c4ccccc4)CC3=O)cc2)s1. The van der Waals surface area contributed by atoms with Gasteiger partial charge in [0.15, 0.2) is 0 Å². The van der Waals surface area contributed by atoms with Crippen LogP contribution in [0, 0.1) is 6.92 Å². The molecule has 1 fully saturated rings. The van der Waals surface area contributed by atoms with Crippen LogP contribution < -0.4 is 4.74 Å². The van der Waals surface area contributed by atoms with E-state index in [2.05, 4.69) is 32.3 Å². The Morgan fingerprint density at radius 3 is 2.42 bits per heavy atom. The van der Waals surface area contributed by atoms with Crippen molar-refractivity contribution in [3.8, 4) is 33.2 Å². The number of hydrogen-bond acceptors (Lipinski definition) is 7. The fraction of sp³-hybridized carbons (Fsp3) is 0.167. The standard InChI is InChI=1S/C30H25N5O2S/c1-20-33-34-30(38-20)22-9-11-27(12-10-22)37-28-13-23(26-15-31-19-32-16-26)7-8-24(28)17-35-18-25(14-29(35)36)21-5-3-2-4-6-21/h2-13,15-16,19,25H,14,17-18H2,1H3/t25-/m1/s1. The number of carbonyl (C=O) groups excluding carboxylic acids is 1. The van der Waals surface area contributed by atoms with Gasteiger partial charge in [-0.05, 0) is 48.4 Å². The van der Waals surface area contributed by atoms with Gasteiger partial charge in [0, 0.05) is 54.5 Å². The number of rotatable bonds is 7. The quantitative estimate of drug-likeness (QED) is 0.252. The molecule has 188 valence electrons. The number of amides is 1. The maximum absolute atomic E-state index is 13.0. The number of hydrogen-bond donors (Lipinski definition) is 0. The van der Waals surface area contributed by atoms with Crippen LogP contribution in [-0.2, 0) is 11.3 Å². The van der Waals surface area contributed by atoms with Gasteiger partial charge in [0.2, 0.25) is 5.91 Å². The Kier molecular flexibility index (Phi) is 6.62. The van der Waals surface area contributed by atoms with Crippen molar-refractivity contribution in [1.82, 2.24) is 25.1 Å². The summed E-state index contributed by atoms with van der Waals surface area (Å²) in [5, 5.41) is 10.1. The monoisotopic (exact) mass is 519 g/mol. The van der Waals surface area contributed by atoms with Crippen LogP contribution in [0.25, 0.3) is 21.7 Å².